The summed E-state index contributed by atoms with van der Waals surface area (Å²) in [4.78, 5) is 36.6. The molecule has 2 aliphatic heterocycles. The fraction of sp³-hybridized carbons (Fsp3) is 0.400. The molecule has 0 radical (unpaired) electrons. The van der Waals surface area contributed by atoms with Crippen molar-refractivity contribution < 1.29 is 19.5 Å². The number of nitrogens with zero attached hydrogens (tertiary/aromatic N) is 1. The average Bonchev–Trinajstić information content (AvgIpc) is 2.62. The monoisotopic (exact) mass is 337 g/mol. The Morgan fingerprint density at radius 2 is 2.09 bits per heavy atom. The number of hydrogen-bond donors (Lipinski definition) is 3. The maximum Gasteiger partial charge on any atom is 0.323 e. The number of likely N-dealkylation sites (tertiary alicyclic amines) is 1. The average molecular weight is 338 g/mol. The van der Waals surface area contributed by atoms with E-state index in [1.807, 2.05) is 0 Å². The van der Waals surface area contributed by atoms with Gasteiger partial charge in [-0.3, -0.25) is 14.4 Å². The molecule has 1 spiro atoms. The maximum atomic E-state index is 12.4. The molecule has 0 aliphatic carbocycles. The van der Waals surface area contributed by atoms with Crippen LogP contribution in [0, 0.1) is 0 Å². The predicted molar refractivity (Wildman–Crippen MR) is 83.3 cm³/mol. The van der Waals surface area contributed by atoms with Gasteiger partial charge < -0.3 is 20.6 Å². The van der Waals surface area contributed by atoms with E-state index >= 15 is 0 Å². The normalized spacial score (nSPS) is 23.8. The van der Waals surface area contributed by atoms with Crippen LogP contribution in [0.25, 0.3) is 0 Å². The first-order valence-corrected chi connectivity index (χ1v) is 7.66. The van der Waals surface area contributed by atoms with E-state index in [4.69, 9.17) is 16.7 Å². The molecule has 0 aromatic heterocycles. The SMILES string of the molecule is O=C(O)CN1CC[C@]2(CCC1=O)NC(=O)c1cc(Cl)ccc1N2. The number of hydrogen-bond acceptors (Lipinski definition) is 4. The van der Waals surface area contributed by atoms with Crippen molar-refractivity contribution in [2.45, 2.75) is 24.9 Å². The summed E-state index contributed by atoms with van der Waals surface area (Å²) in [5.41, 5.74) is 0.374. The molecule has 3 rings (SSSR count). The van der Waals surface area contributed by atoms with Crippen molar-refractivity contribution in [2.75, 3.05) is 18.4 Å². The molecule has 7 nitrogen and oxygen atoms in total. The summed E-state index contributed by atoms with van der Waals surface area (Å²) in [7, 11) is 0. The number of carbonyl (C=O) groups is 3. The maximum absolute atomic E-state index is 12.4. The Morgan fingerprint density at radius 1 is 1.30 bits per heavy atom. The van der Waals surface area contributed by atoms with E-state index in [-0.39, 0.29) is 31.3 Å². The van der Waals surface area contributed by atoms with Crippen LogP contribution in [-0.4, -0.2) is 46.5 Å². The fourth-order valence-electron chi connectivity index (χ4n) is 3.02. The number of anilines is 1. The lowest BCUT2D eigenvalue weighted by atomic mass is 9.95. The molecule has 0 saturated carbocycles. The predicted octanol–water partition coefficient (Wildman–Crippen LogP) is 1.29. The van der Waals surface area contributed by atoms with Crippen molar-refractivity contribution in [2.24, 2.45) is 0 Å². The molecule has 1 aromatic rings. The van der Waals surface area contributed by atoms with Gasteiger partial charge in [-0.25, -0.2) is 0 Å². The third-order valence-electron chi connectivity index (χ3n) is 4.21. The van der Waals surface area contributed by atoms with Crippen LogP contribution < -0.4 is 10.6 Å². The highest BCUT2D eigenvalue weighted by Gasteiger charge is 2.40. The van der Waals surface area contributed by atoms with E-state index in [2.05, 4.69) is 10.6 Å². The number of rotatable bonds is 2. The van der Waals surface area contributed by atoms with Gasteiger partial charge in [0.05, 0.1) is 5.56 Å². The summed E-state index contributed by atoms with van der Waals surface area (Å²) in [6.45, 7) is -0.0591. The zero-order chi connectivity index (χ0) is 16.6. The highest BCUT2D eigenvalue weighted by atomic mass is 35.5. The fourth-order valence-corrected chi connectivity index (χ4v) is 3.19. The van der Waals surface area contributed by atoms with Crippen molar-refractivity contribution in [1.29, 1.82) is 0 Å². The molecule has 2 amide bonds. The van der Waals surface area contributed by atoms with Gasteiger partial charge in [0.2, 0.25) is 5.91 Å². The molecule has 1 fully saturated rings. The number of nitrogens with one attached hydrogen (secondary N) is 2. The number of carboxylic acids is 1. The lowest BCUT2D eigenvalue weighted by Gasteiger charge is -2.40. The Balaban J connectivity index is 1.83. The number of benzene rings is 1. The zero-order valence-electron chi connectivity index (χ0n) is 12.3. The van der Waals surface area contributed by atoms with Crippen molar-refractivity contribution in [3.63, 3.8) is 0 Å². The summed E-state index contributed by atoms with van der Waals surface area (Å²) in [5, 5.41) is 15.6. The third kappa shape index (κ3) is 3.10. The molecule has 1 saturated heterocycles. The standard InChI is InChI=1S/C15H16ClN3O4/c16-9-1-2-11-10(7-9)14(23)18-15(17-11)4-3-12(20)19(6-5-15)8-13(21)22/h1-2,7,17H,3-6,8H2,(H,18,23)(H,21,22)/t15-/m0/s1. The first-order valence-electron chi connectivity index (χ1n) is 7.28. The van der Waals surface area contributed by atoms with Crippen LogP contribution in [-0.2, 0) is 9.59 Å². The number of halogens is 1. The number of amides is 2. The van der Waals surface area contributed by atoms with Crippen molar-refractivity contribution in [1.82, 2.24) is 10.2 Å². The van der Waals surface area contributed by atoms with E-state index in [0.29, 0.717) is 29.1 Å². The highest BCUT2D eigenvalue weighted by molar-refractivity contribution is 6.31. The second-order valence-corrected chi connectivity index (χ2v) is 6.25. The van der Waals surface area contributed by atoms with Crippen LogP contribution in [0.1, 0.15) is 29.6 Å². The molecule has 2 heterocycles. The smallest absolute Gasteiger partial charge is 0.323 e. The largest absolute Gasteiger partial charge is 0.480 e. The molecule has 23 heavy (non-hydrogen) atoms. The summed E-state index contributed by atoms with van der Waals surface area (Å²) < 4.78 is 0. The first-order chi connectivity index (χ1) is 10.9. The molecule has 3 N–H and O–H groups in total. The molecule has 1 atom stereocenters. The summed E-state index contributed by atoms with van der Waals surface area (Å²) in [6.07, 6.45) is 0.999. The minimum atomic E-state index is -1.05. The van der Waals surface area contributed by atoms with E-state index in [1.54, 1.807) is 18.2 Å². The summed E-state index contributed by atoms with van der Waals surface area (Å²) >= 11 is 5.92. The van der Waals surface area contributed by atoms with Gasteiger partial charge in [-0.15, -0.1) is 0 Å². The molecule has 0 unspecified atom stereocenters. The number of carboxylic acid groups (broad SMARTS) is 1. The molecule has 0 bridgehead atoms. The number of carbonyl (C=O) groups excluding carboxylic acids is 2. The number of fused-ring (bicyclic) bond motifs is 1. The first kappa shape index (κ1) is 15.6. The molecule has 122 valence electrons. The van der Waals surface area contributed by atoms with Crippen LogP contribution in [0.15, 0.2) is 18.2 Å². The Hall–Kier alpha value is -2.28. The van der Waals surface area contributed by atoms with Crippen LogP contribution in [0.2, 0.25) is 5.02 Å². The van der Waals surface area contributed by atoms with E-state index < -0.39 is 11.6 Å². The quantitative estimate of drug-likeness (QED) is 0.755. The molecule has 1 aromatic carbocycles. The van der Waals surface area contributed by atoms with Gasteiger partial charge >= 0.3 is 5.97 Å². The van der Waals surface area contributed by atoms with Crippen LogP contribution in [0.3, 0.4) is 0 Å². The van der Waals surface area contributed by atoms with Crippen molar-refractivity contribution >= 4 is 35.1 Å². The Bertz CT molecular complexity index is 693. The molecule has 8 heteroatoms. The summed E-state index contributed by atoms with van der Waals surface area (Å²) in [6, 6.07) is 5.02. The van der Waals surface area contributed by atoms with Gasteiger partial charge in [-0.2, -0.15) is 0 Å². The second kappa shape index (κ2) is 5.73. The van der Waals surface area contributed by atoms with E-state index in [9.17, 15) is 14.4 Å². The topological polar surface area (TPSA) is 98.7 Å². The lowest BCUT2D eigenvalue weighted by Crippen LogP contribution is -2.58. The Labute approximate surface area is 137 Å². The Morgan fingerprint density at radius 3 is 2.83 bits per heavy atom. The minimum Gasteiger partial charge on any atom is -0.480 e. The zero-order valence-corrected chi connectivity index (χ0v) is 13.0. The Kier molecular flexibility index (Phi) is 3.89. The van der Waals surface area contributed by atoms with Gasteiger partial charge in [0.1, 0.15) is 12.2 Å². The number of aliphatic carboxylic acids is 1. The van der Waals surface area contributed by atoms with Crippen LogP contribution in [0.4, 0.5) is 5.69 Å². The lowest BCUT2D eigenvalue weighted by molar-refractivity contribution is -0.144. The van der Waals surface area contributed by atoms with Crippen LogP contribution in [0.5, 0.6) is 0 Å². The van der Waals surface area contributed by atoms with E-state index in [0.717, 1.165) is 0 Å². The van der Waals surface area contributed by atoms with Crippen LogP contribution >= 0.6 is 11.6 Å². The van der Waals surface area contributed by atoms with Gasteiger partial charge in [0.15, 0.2) is 0 Å². The van der Waals surface area contributed by atoms with Crippen molar-refractivity contribution in [3.8, 4) is 0 Å². The minimum absolute atomic E-state index is 0.170. The van der Waals surface area contributed by atoms with Crippen molar-refractivity contribution in [3.05, 3.63) is 28.8 Å². The van der Waals surface area contributed by atoms with E-state index in [1.165, 1.54) is 4.90 Å². The van der Waals surface area contributed by atoms with Gasteiger partial charge in [0, 0.05) is 30.1 Å². The third-order valence-corrected chi connectivity index (χ3v) is 4.44. The molecular weight excluding hydrogens is 322 g/mol. The summed E-state index contributed by atoms with van der Waals surface area (Å²) in [5.74, 6) is -1.52. The van der Waals surface area contributed by atoms with Gasteiger partial charge in [-0.1, -0.05) is 11.6 Å². The highest BCUT2D eigenvalue weighted by Crippen LogP contribution is 2.32. The second-order valence-electron chi connectivity index (χ2n) is 5.81. The van der Waals surface area contributed by atoms with Gasteiger partial charge in [-0.05, 0) is 24.6 Å². The van der Waals surface area contributed by atoms with Gasteiger partial charge in [0.25, 0.3) is 5.91 Å². The molecule has 2 aliphatic rings. The molecular formula is C15H16ClN3O4.